The zero-order valence-corrected chi connectivity index (χ0v) is 18.0. The zero-order chi connectivity index (χ0) is 20.7. The van der Waals surface area contributed by atoms with Crippen molar-refractivity contribution in [1.82, 2.24) is 4.90 Å². The Kier molecular flexibility index (Phi) is 7.98. The van der Waals surface area contributed by atoms with Crippen LogP contribution in [0.5, 0.6) is 0 Å². The molecule has 0 aromatic carbocycles. The molecular weight excluding hydrogens is 348 g/mol. The van der Waals surface area contributed by atoms with E-state index in [2.05, 4.69) is 28.7 Å². The summed E-state index contributed by atoms with van der Waals surface area (Å²) in [5.41, 5.74) is 13.8. The third-order valence-corrected chi connectivity index (χ3v) is 6.37. The van der Waals surface area contributed by atoms with Crippen molar-refractivity contribution in [2.45, 2.75) is 46.5 Å². The number of piperidine rings is 1. The molecule has 1 heterocycles. The molecule has 1 saturated carbocycles. The number of amidine groups is 1. The fraction of sp³-hybridized carbons (Fsp3) is 0.682. The van der Waals surface area contributed by atoms with E-state index in [-0.39, 0.29) is 0 Å². The third-order valence-electron chi connectivity index (χ3n) is 6.37. The van der Waals surface area contributed by atoms with Gasteiger partial charge in [0, 0.05) is 37.6 Å². The normalized spacial score (nSPS) is 24.7. The molecule has 2 unspecified atom stereocenters. The van der Waals surface area contributed by atoms with Gasteiger partial charge in [-0.3, -0.25) is 9.98 Å². The first kappa shape index (κ1) is 22.3. The molecule has 5 N–H and O–H groups in total. The second kappa shape index (κ2) is 10.0. The summed E-state index contributed by atoms with van der Waals surface area (Å²) in [6, 6.07) is 0. The molecule has 0 amide bonds. The first-order valence-corrected chi connectivity index (χ1v) is 10.5. The standard InChI is InChI=1S/C22H38N6/c1-5-16(2)15-28-10-8-22(9-11-28)12-18(22)13-27-21(25)7-6-20(24)19(14-26-4)17(3)23/h6-7,14,16,18,24H,5,8-13,15,23H2,1-4H3,(H2,25,27)/b7-6-,19-17?,24-20?,26-14?. The Hall–Kier alpha value is -1.95. The van der Waals surface area contributed by atoms with Crippen LogP contribution in [0.2, 0.25) is 0 Å². The van der Waals surface area contributed by atoms with Crippen molar-refractivity contribution in [3.8, 4) is 0 Å². The smallest absolute Gasteiger partial charge is 0.118 e. The molecule has 28 heavy (non-hydrogen) atoms. The van der Waals surface area contributed by atoms with Gasteiger partial charge in [-0.25, -0.2) is 0 Å². The van der Waals surface area contributed by atoms with Crippen molar-refractivity contribution in [1.29, 1.82) is 5.41 Å². The molecule has 2 rings (SSSR count). The van der Waals surface area contributed by atoms with Gasteiger partial charge in [0.2, 0.25) is 0 Å². The van der Waals surface area contributed by atoms with Crippen LogP contribution in [0.4, 0.5) is 0 Å². The molecule has 0 bridgehead atoms. The minimum atomic E-state index is 0.292. The van der Waals surface area contributed by atoms with Gasteiger partial charge in [-0.05, 0) is 68.7 Å². The lowest BCUT2D eigenvalue weighted by Crippen LogP contribution is -2.37. The molecule has 2 aliphatic rings. The van der Waals surface area contributed by atoms with Crippen LogP contribution in [0.25, 0.3) is 0 Å². The fourth-order valence-corrected chi connectivity index (χ4v) is 4.09. The van der Waals surface area contributed by atoms with Crippen LogP contribution >= 0.6 is 0 Å². The average molecular weight is 387 g/mol. The number of hydrogen-bond acceptors (Lipinski definition) is 5. The molecule has 6 heteroatoms. The summed E-state index contributed by atoms with van der Waals surface area (Å²) in [4.78, 5) is 11.1. The van der Waals surface area contributed by atoms with Gasteiger partial charge in [0.05, 0.1) is 5.71 Å². The number of nitrogens with zero attached hydrogens (tertiary/aromatic N) is 3. The Bertz CT molecular complexity index is 661. The number of allylic oxidation sites excluding steroid dienone is 3. The quantitative estimate of drug-likeness (QED) is 0.419. The highest BCUT2D eigenvalue weighted by Gasteiger charge is 2.54. The van der Waals surface area contributed by atoms with Crippen LogP contribution in [0.1, 0.15) is 46.5 Å². The van der Waals surface area contributed by atoms with Gasteiger partial charge < -0.3 is 21.8 Å². The Morgan fingerprint density at radius 3 is 2.54 bits per heavy atom. The minimum absolute atomic E-state index is 0.292. The number of aliphatic imine (C=N–C) groups is 2. The summed E-state index contributed by atoms with van der Waals surface area (Å²) in [6.07, 6.45) is 10.1. The molecule has 2 atom stereocenters. The lowest BCUT2D eigenvalue weighted by molar-refractivity contribution is 0.145. The van der Waals surface area contributed by atoms with E-state index in [9.17, 15) is 0 Å². The summed E-state index contributed by atoms with van der Waals surface area (Å²) in [6.45, 7) is 10.9. The van der Waals surface area contributed by atoms with E-state index in [1.165, 1.54) is 45.3 Å². The maximum atomic E-state index is 8.11. The number of nitrogens with one attached hydrogen (secondary N) is 1. The number of rotatable bonds is 9. The Balaban J connectivity index is 1.81. The molecule has 2 fully saturated rings. The van der Waals surface area contributed by atoms with Crippen LogP contribution < -0.4 is 11.5 Å². The maximum absolute atomic E-state index is 8.11. The van der Waals surface area contributed by atoms with Crippen molar-refractivity contribution < 1.29 is 0 Å². The van der Waals surface area contributed by atoms with Gasteiger partial charge >= 0.3 is 0 Å². The first-order chi connectivity index (χ1) is 13.3. The van der Waals surface area contributed by atoms with E-state index in [0.29, 0.717) is 34.2 Å². The van der Waals surface area contributed by atoms with Gasteiger partial charge in [0.25, 0.3) is 0 Å². The molecule has 0 aromatic rings. The zero-order valence-electron chi connectivity index (χ0n) is 18.0. The van der Waals surface area contributed by atoms with Crippen molar-refractivity contribution >= 4 is 17.8 Å². The Morgan fingerprint density at radius 1 is 1.29 bits per heavy atom. The molecule has 1 aliphatic carbocycles. The highest BCUT2D eigenvalue weighted by atomic mass is 15.1. The first-order valence-electron chi connectivity index (χ1n) is 10.5. The molecule has 1 aliphatic heterocycles. The van der Waals surface area contributed by atoms with E-state index >= 15 is 0 Å². The summed E-state index contributed by atoms with van der Waals surface area (Å²) < 4.78 is 0. The predicted octanol–water partition coefficient (Wildman–Crippen LogP) is 3.00. The lowest BCUT2D eigenvalue weighted by atomic mass is 9.90. The van der Waals surface area contributed by atoms with Gasteiger partial charge in [0.15, 0.2) is 0 Å². The third kappa shape index (κ3) is 6.03. The van der Waals surface area contributed by atoms with Crippen molar-refractivity contribution in [2.75, 3.05) is 33.2 Å². The highest BCUT2D eigenvalue weighted by molar-refractivity contribution is 6.21. The summed E-state index contributed by atoms with van der Waals surface area (Å²) in [5.74, 6) is 1.93. The van der Waals surface area contributed by atoms with Crippen LogP contribution in [0.15, 0.2) is 33.4 Å². The van der Waals surface area contributed by atoms with Gasteiger partial charge in [-0.1, -0.05) is 20.3 Å². The molecule has 156 valence electrons. The number of nitrogens with two attached hydrogens (primary N) is 2. The van der Waals surface area contributed by atoms with E-state index in [1.54, 1.807) is 32.3 Å². The van der Waals surface area contributed by atoms with Crippen LogP contribution in [0, 0.1) is 22.7 Å². The maximum Gasteiger partial charge on any atom is 0.118 e. The van der Waals surface area contributed by atoms with Crippen molar-refractivity contribution in [2.24, 2.45) is 38.7 Å². The summed E-state index contributed by atoms with van der Waals surface area (Å²) >= 11 is 0. The van der Waals surface area contributed by atoms with Crippen LogP contribution in [-0.4, -0.2) is 55.9 Å². The minimum Gasteiger partial charge on any atom is -0.402 e. The van der Waals surface area contributed by atoms with Crippen molar-refractivity contribution in [3.63, 3.8) is 0 Å². The molecule has 0 aromatic heterocycles. The predicted molar refractivity (Wildman–Crippen MR) is 120 cm³/mol. The van der Waals surface area contributed by atoms with Gasteiger partial charge in [0.1, 0.15) is 5.84 Å². The van der Waals surface area contributed by atoms with E-state index in [0.717, 1.165) is 12.5 Å². The Labute approximate surface area is 170 Å². The second-order valence-corrected chi connectivity index (χ2v) is 8.57. The van der Waals surface area contributed by atoms with E-state index in [4.69, 9.17) is 16.9 Å². The molecule has 0 radical (unpaired) electrons. The van der Waals surface area contributed by atoms with E-state index in [1.807, 2.05) is 0 Å². The monoisotopic (exact) mass is 386 g/mol. The lowest BCUT2D eigenvalue weighted by Gasteiger charge is -2.34. The SMILES string of the molecule is CCC(C)CN1CCC2(CC1)CC2CN=C(N)/C=C\C(=N)C(C=NC)=C(C)N. The topological polar surface area (TPSA) is 104 Å². The fourth-order valence-electron chi connectivity index (χ4n) is 4.09. The molecular formula is C22H38N6. The molecule has 1 spiro atoms. The summed E-state index contributed by atoms with van der Waals surface area (Å²) in [7, 11) is 1.66. The van der Waals surface area contributed by atoms with Crippen LogP contribution in [-0.2, 0) is 0 Å². The molecule has 1 saturated heterocycles. The van der Waals surface area contributed by atoms with Gasteiger partial charge in [-0.2, -0.15) is 0 Å². The summed E-state index contributed by atoms with van der Waals surface area (Å²) in [5, 5.41) is 8.11. The van der Waals surface area contributed by atoms with E-state index < -0.39 is 0 Å². The largest absolute Gasteiger partial charge is 0.402 e. The van der Waals surface area contributed by atoms with Crippen molar-refractivity contribution in [3.05, 3.63) is 23.4 Å². The number of likely N-dealkylation sites (tertiary alicyclic amines) is 1. The number of hydrogen-bond donors (Lipinski definition) is 3. The highest BCUT2D eigenvalue weighted by Crippen LogP contribution is 2.59. The Morgan fingerprint density at radius 2 is 1.96 bits per heavy atom. The molecule has 6 nitrogen and oxygen atoms in total. The average Bonchev–Trinajstić information content (AvgIpc) is 3.36. The van der Waals surface area contributed by atoms with Gasteiger partial charge in [-0.15, -0.1) is 0 Å². The second-order valence-electron chi connectivity index (χ2n) is 8.57. The van der Waals surface area contributed by atoms with Crippen LogP contribution in [0.3, 0.4) is 0 Å².